The summed E-state index contributed by atoms with van der Waals surface area (Å²) in [5, 5.41) is 12.1. The average molecular weight is 307 g/mol. The van der Waals surface area contributed by atoms with E-state index in [1.54, 1.807) is 19.4 Å². The number of hydrogen-bond acceptors (Lipinski definition) is 7. The third-order valence-corrected chi connectivity index (χ3v) is 3.50. The van der Waals surface area contributed by atoms with E-state index >= 15 is 0 Å². The van der Waals surface area contributed by atoms with Crippen LogP contribution in [0.3, 0.4) is 0 Å². The molecule has 4 N–H and O–H groups in total. The lowest BCUT2D eigenvalue weighted by atomic mass is 10.1. The summed E-state index contributed by atoms with van der Waals surface area (Å²) in [4.78, 5) is 12.9. The Morgan fingerprint density at radius 1 is 1.17 bits per heavy atom. The second-order valence-electron chi connectivity index (χ2n) is 4.92. The lowest BCUT2D eigenvalue weighted by Crippen LogP contribution is -2.02. The molecule has 0 atom stereocenters. The van der Waals surface area contributed by atoms with Gasteiger partial charge in [0.15, 0.2) is 5.82 Å². The van der Waals surface area contributed by atoms with Crippen LogP contribution in [0.4, 0.5) is 17.6 Å². The van der Waals surface area contributed by atoms with Gasteiger partial charge < -0.3 is 15.8 Å². The Labute approximate surface area is 130 Å². The van der Waals surface area contributed by atoms with Gasteiger partial charge in [-0.05, 0) is 24.3 Å². The highest BCUT2D eigenvalue weighted by molar-refractivity contribution is 6.08. The molecule has 0 saturated carbocycles. The standard InChI is InChI=1S/C15H13N7O/c1-23-8-2-3-11-9(6-8)10-7-18-22-13(10)14(19-11)21-15-17-5-4-12(16)20-15/h2-7H,1H3,(H,18,22)(H3,16,17,19,20,21). The molecule has 0 radical (unpaired) electrons. The summed E-state index contributed by atoms with van der Waals surface area (Å²) >= 11 is 0. The molecule has 3 aromatic heterocycles. The highest BCUT2D eigenvalue weighted by Crippen LogP contribution is 2.31. The Kier molecular flexibility index (Phi) is 2.94. The van der Waals surface area contributed by atoms with Gasteiger partial charge in [-0.3, -0.25) is 5.10 Å². The smallest absolute Gasteiger partial charge is 0.230 e. The Bertz CT molecular complexity index is 1010. The molecule has 1 aromatic carbocycles. The van der Waals surface area contributed by atoms with E-state index in [-0.39, 0.29) is 0 Å². The molecule has 0 aliphatic rings. The van der Waals surface area contributed by atoms with E-state index in [1.165, 1.54) is 0 Å². The van der Waals surface area contributed by atoms with Gasteiger partial charge in [-0.15, -0.1) is 0 Å². The monoisotopic (exact) mass is 307 g/mol. The van der Waals surface area contributed by atoms with Gasteiger partial charge in [0.25, 0.3) is 0 Å². The summed E-state index contributed by atoms with van der Waals surface area (Å²) in [5.41, 5.74) is 7.18. The van der Waals surface area contributed by atoms with E-state index < -0.39 is 0 Å². The third-order valence-electron chi connectivity index (χ3n) is 3.50. The van der Waals surface area contributed by atoms with Crippen molar-refractivity contribution in [2.75, 3.05) is 18.2 Å². The molecular formula is C15H13N7O. The number of hydrogen-bond donors (Lipinski definition) is 3. The molecule has 23 heavy (non-hydrogen) atoms. The zero-order valence-electron chi connectivity index (χ0n) is 12.2. The number of nitrogen functional groups attached to an aromatic ring is 1. The fourth-order valence-electron chi connectivity index (χ4n) is 2.43. The lowest BCUT2D eigenvalue weighted by molar-refractivity contribution is 0.415. The first-order valence-electron chi connectivity index (χ1n) is 6.91. The van der Waals surface area contributed by atoms with Crippen molar-refractivity contribution in [2.45, 2.75) is 0 Å². The highest BCUT2D eigenvalue weighted by atomic mass is 16.5. The van der Waals surface area contributed by atoms with Gasteiger partial charge in [-0.25, -0.2) is 9.97 Å². The summed E-state index contributed by atoms with van der Waals surface area (Å²) in [6.07, 6.45) is 3.41. The number of ether oxygens (including phenoxy) is 1. The van der Waals surface area contributed by atoms with Gasteiger partial charge in [0, 0.05) is 23.2 Å². The number of methoxy groups -OCH3 is 1. The van der Waals surface area contributed by atoms with Crippen molar-refractivity contribution < 1.29 is 4.74 Å². The predicted molar refractivity (Wildman–Crippen MR) is 87.7 cm³/mol. The van der Waals surface area contributed by atoms with Crippen LogP contribution in [0.2, 0.25) is 0 Å². The highest BCUT2D eigenvalue weighted by Gasteiger charge is 2.12. The van der Waals surface area contributed by atoms with Crippen molar-refractivity contribution >= 4 is 39.4 Å². The van der Waals surface area contributed by atoms with Crippen LogP contribution in [-0.4, -0.2) is 32.3 Å². The number of nitrogens with zero attached hydrogens (tertiary/aromatic N) is 4. The summed E-state index contributed by atoms with van der Waals surface area (Å²) in [6.45, 7) is 0. The van der Waals surface area contributed by atoms with E-state index in [2.05, 4.69) is 30.5 Å². The molecule has 0 spiro atoms. The first kappa shape index (κ1) is 13.3. The van der Waals surface area contributed by atoms with Crippen molar-refractivity contribution in [1.82, 2.24) is 25.1 Å². The molecule has 3 heterocycles. The topological polar surface area (TPSA) is 115 Å². The molecule has 114 valence electrons. The van der Waals surface area contributed by atoms with Gasteiger partial charge in [-0.2, -0.15) is 10.1 Å². The van der Waals surface area contributed by atoms with E-state index in [0.717, 1.165) is 22.0 Å². The van der Waals surface area contributed by atoms with Gasteiger partial charge in [-0.1, -0.05) is 0 Å². The number of fused-ring (bicyclic) bond motifs is 3. The molecule has 8 nitrogen and oxygen atoms in total. The minimum atomic E-state index is 0.370. The van der Waals surface area contributed by atoms with Gasteiger partial charge in [0.1, 0.15) is 17.1 Å². The third kappa shape index (κ3) is 2.26. The maximum absolute atomic E-state index is 5.68. The van der Waals surface area contributed by atoms with Gasteiger partial charge in [0.05, 0.1) is 12.6 Å². The van der Waals surface area contributed by atoms with Crippen LogP contribution < -0.4 is 15.8 Å². The van der Waals surface area contributed by atoms with Gasteiger partial charge in [0.2, 0.25) is 5.95 Å². The summed E-state index contributed by atoms with van der Waals surface area (Å²) in [6, 6.07) is 7.31. The number of nitrogens with two attached hydrogens (primary N) is 1. The number of pyridine rings is 1. The maximum Gasteiger partial charge on any atom is 0.230 e. The molecule has 0 unspecified atom stereocenters. The molecule has 0 fully saturated rings. The number of anilines is 3. The van der Waals surface area contributed by atoms with Crippen LogP contribution in [0.1, 0.15) is 0 Å². The largest absolute Gasteiger partial charge is 0.497 e. The zero-order chi connectivity index (χ0) is 15.8. The SMILES string of the molecule is COc1ccc2nc(Nc3nccc(N)n3)c3n[nH]cc3c2c1. The predicted octanol–water partition coefficient (Wildman–Crippen LogP) is 2.24. The second-order valence-corrected chi connectivity index (χ2v) is 4.92. The van der Waals surface area contributed by atoms with Crippen LogP contribution in [0.15, 0.2) is 36.7 Å². The normalized spacial score (nSPS) is 11.0. The minimum absolute atomic E-state index is 0.370. The molecule has 0 aliphatic heterocycles. The van der Waals surface area contributed by atoms with Crippen LogP contribution in [0.25, 0.3) is 21.8 Å². The number of nitrogens with one attached hydrogen (secondary N) is 2. The number of aromatic amines is 1. The molecule has 0 amide bonds. The van der Waals surface area contributed by atoms with Crippen LogP contribution in [-0.2, 0) is 0 Å². The Morgan fingerprint density at radius 3 is 2.91 bits per heavy atom. The number of benzene rings is 1. The molecular weight excluding hydrogens is 294 g/mol. The Hall–Kier alpha value is -3.42. The average Bonchev–Trinajstić information content (AvgIpc) is 3.05. The second kappa shape index (κ2) is 5.09. The van der Waals surface area contributed by atoms with Crippen molar-refractivity contribution in [3.05, 3.63) is 36.7 Å². The van der Waals surface area contributed by atoms with Crippen molar-refractivity contribution in [3.63, 3.8) is 0 Å². The van der Waals surface area contributed by atoms with Crippen LogP contribution >= 0.6 is 0 Å². The Balaban J connectivity index is 1.90. The molecule has 8 heteroatoms. The maximum atomic E-state index is 5.68. The lowest BCUT2D eigenvalue weighted by Gasteiger charge is -2.08. The Morgan fingerprint density at radius 2 is 2.09 bits per heavy atom. The minimum Gasteiger partial charge on any atom is -0.497 e. The fraction of sp³-hybridized carbons (Fsp3) is 0.0667. The number of rotatable bonds is 3. The van der Waals surface area contributed by atoms with E-state index in [9.17, 15) is 0 Å². The molecule has 0 aliphatic carbocycles. The molecule has 0 saturated heterocycles. The summed E-state index contributed by atoms with van der Waals surface area (Å²) in [7, 11) is 1.63. The fourth-order valence-corrected chi connectivity index (χ4v) is 2.43. The summed E-state index contributed by atoms with van der Waals surface area (Å²) < 4.78 is 5.28. The van der Waals surface area contributed by atoms with E-state index in [4.69, 9.17) is 10.5 Å². The van der Waals surface area contributed by atoms with Crippen molar-refractivity contribution in [2.24, 2.45) is 0 Å². The van der Waals surface area contributed by atoms with E-state index in [1.807, 2.05) is 24.4 Å². The van der Waals surface area contributed by atoms with Crippen LogP contribution in [0.5, 0.6) is 5.75 Å². The molecule has 4 aromatic rings. The van der Waals surface area contributed by atoms with E-state index in [0.29, 0.717) is 23.1 Å². The van der Waals surface area contributed by atoms with Gasteiger partial charge >= 0.3 is 0 Å². The summed E-state index contributed by atoms with van der Waals surface area (Å²) in [5.74, 6) is 2.08. The molecule has 4 rings (SSSR count). The van der Waals surface area contributed by atoms with Crippen molar-refractivity contribution in [1.29, 1.82) is 0 Å². The first-order valence-corrected chi connectivity index (χ1v) is 6.91. The molecule has 0 bridgehead atoms. The quantitative estimate of drug-likeness (QED) is 0.531. The zero-order valence-corrected chi connectivity index (χ0v) is 12.2. The van der Waals surface area contributed by atoms with Crippen molar-refractivity contribution in [3.8, 4) is 5.75 Å². The number of H-pyrrole nitrogens is 1. The number of aromatic nitrogens is 5. The van der Waals surface area contributed by atoms with Crippen LogP contribution in [0, 0.1) is 0 Å². The first-order chi connectivity index (χ1) is 11.2.